The molecule has 1 heterocycles. The number of methoxy groups -OCH3 is 1. The van der Waals surface area contributed by atoms with Crippen LogP contribution < -0.4 is 10.1 Å². The molecule has 0 aliphatic rings. The summed E-state index contributed by atoms with van der Waals surface area (Å²) in [7, 11) is 1.55. The zero-order valence-corrected chi connectivity index (χ0v) is 11.7. The molecule has 4 nitrogen and oxygen atoms in total. The molecule has 1 N–H and O–H groups in total. The molecule has 4 heteroatoms. The van der Waals surface area contributed by atoms with E-state index >= 15 is 0 Å². The van der Waals surface area contributed by atoms with Gasteiger partial charge in [-0.15, -0.1) is 0 Å². The number of nitrogens with one attached hydrogen (secondary N) is 1. The second-order valence-corrected chi connectivity index (χ2v) is 4.61. The summed E-state index contributed by atoms with van der Waals surface area (Å²) in [4.78, 5) is 16.0. The molecule has 2 rings (SSSR count). The molecule has 1 aromatic heterocycles. The van der Waals surface area contributed by atoms with Crippen molar-refractivity contribution in [3.05, 3.63) is 59.8 Å². The van der Waals surface area contributed by atoms with Crippen molar-refractivity contribution < 1.29 is 9.53 Å². The summed E-state index contributed by atoms with van der Waals surface area (Å²) in [5.74, 6) is 0.647. The number of aromatic nitrogens is 1. The van der Waals surface area contributed by atoms with Crippen LogP contribution in [-0.2, 0) is 0 Å². The van der Waals surface area contributed by atoms with Crippen LogP contribution in [-0.4, -0.2) is 24.5 Å². The Bertz CT molecular complexity index is 552. The maximum absolute atomic E-state index is 12.0. The molecule has 1 unspecified atom stereocenters. The first-order valence-corrected chi connectivity index (χ1v) is 6.54. The Morgan fingerprint density at radius 2 is 2.00 bits per heavy atom. The van der Waals surface area contributed by atoms with Crippen LogP contribution in [0.15, 0.2) is 48.7 Å². The normalized spacial score (nSPS) is 11.7. The highest BCUT2D eigenvalue weighted by Gasteiger charge is 2.09. The van der Waals surface area contributed by atoms with Gasteiger partial charge in [0, 0.05) is 18.8 Å². The van der Waals surface area contributed by atoms with E-state index in [4.69, 9.17) is 4.74 Å². The fourth-order valence-electron chi connectivity index (χ4n) is 1.88. The van der Waals surface area contributed by atoms with Crippen LogP contribution in [0.3, 0.4) is 0 Å². The van der Waals surface area contributed by atoms with E-state index in [1.165, 1.54) is 11.8 Å². The number of ether oxygens (including phenoxy) is 1. The highest BCUT2D eigenvalue weighted by atomic mass is 16.5. The van der Waals surface area contributed by atoms with Gasteiger partial charge in [-0.3, -0.25) is 4.79 Å². The van der Waals surface area contributed by atoms with Gasteiger partial charge in [0.2, 0.25) is 5.88 Å². The first-order chi connectivity index (χ1) is 9.70. The largest absolute Gasteiger partial charge is 0.481 e. The van der Waals surface area contributed by atoms with E-state index in [1.807, 2.05) is 18.2 Å². The van der Waals surface area contributed by atoms with Gasteiger partial charge in [-0.1, -0.05) is 37.3 Å². The molecular weight excluding hydrogens is 252 g/mol. The van der Waals surface area contributed by atoms with Gasteiger partial charge in [-0.2, -0.15) is 0 Å². The van der Waals surface area contributed by atoms with Gasteiger partial charge < -0.3 is 10.1 Å². The second kappa shape index (κ2) is 6.70. The fraction of sp³-hybridized carbons (Fsp3) is 0.250. The van der Waals surface area contributed by atoms with E-state index in [0.717, 1.165) is 0 Å². The number of hydrogen-bond donors (Lipinski definition) is 1. The third kappa shape index (κ3) is 3.57. The zero-order valence-electron chi connectivity index (χ0n) is 11.7. The maximum atomic E-state index is 12.0. The monoisotopic (exact) mass is 270 g/mol. The van der Waals surface area contributed by atoms with Crippen LogP contribution in [0.25, 0.3) is 0 Å². The zero-order chi connectivity index (χ0) is 14.4. The minimum atomic E-state index is -0.122. The Morgan fingerprint density at radius 1 is 1.25 bits per heavy atom. The number of hydrogen-bond acceptors (Lipinski definition) is 3. The van der Waals surface area contributed by atoms with E-state index in [0.29, 0.717) is 18.0 Å². The topological polar surface area (TPSA) is 51.2 Å². The lowest BCUT2D eigenvalue weighted by Gasteiger charge is -2.13. The number of amides is 1. The smallest absolute Gasteiger partial charge is 0.252 e. The summed E-state index contributed by atoms with van der Waals surface area (Å²) in [6.45, 7) is 2.68. The minimum Gasteiger partial charge on any atom is -0.481 e. The Hall–Kier alpha value is -2.36. The van der Waals surface area contributed by atoms with Crippen LogP contribution in [0, 0.1) is 0 Å². The lowest BCUT2D eigenvalue weighted by atomic mass is 10.0. The van der Waals surface area contributed by atoms with Crippen molar-refractivity contribution in [1.29, 1.82) is 0 Å². The molecule has 1 atom stereocenters. The van der Waals surface area contributed by atoms with Gasteiger partial charge in [0.05, 0.1) is 12.7 Å². The Morgan fingerprint density at radius 3 is 2.60 bits per heavy atom. The average molecular weight is 270 g/mol. The molecule has 104 valence electrons. The van der Waals surface area contributed by atoms with E-state index in [-0.39, 0.29) is 11.8 Å². The van der Waals surface area contributed by atoms with Gasteiger partial charge in [-0.05, 0) is 17.5 Å². The number of carbonyl (C=O) groups is 1. The number of rotatable bonds is 5. The first kappa shape index (κ1) is 14.1. The number of pyridine rings is 1. The summed E-state index contributed by atoms with van der Waals surface area (Å²) >= 11 is 0. The van der Waals surface area contributed by atoms with Crippen LogP contribution in [0.4, 0.5) is 0 Å². The van der Waals surface area contributed by atoms with Gasteiger partial charge in [0.15, 0.2) is 0 Å². The molecule has 0 saturated carbocycles. The molecule has 0 aliphatic heterocycles. The SMILES string of the molecule is COc1ccc(C(=O)NCC(C)c2ccccc2)cn1. The number of carbonyl (C=O) groups excluding carboxylic acids is 1. The molecule has 0 radical (unpaired) electrons. The third-order valence-corrected chi connectivity index (χ3v) is 3.15. The maximum Gasteiger partial charge on any atom is 0.252 e. The highest BCUT2D eigenvalue weighted by molar-refractivity contribution is 5.93. The van der Waals surface area contributed by atoms with Crippen molar-refractivity contribution in [3.8, 4) is 5.88 Å². The minimum absolute atomic E-state index is 0.122. The summed E-state index contributed by atoms with van der Waals surface area (Å²) in [5.41, 5.74) is 1.74. The molecule has 0 spiro atoms. The van der Waals surface area contributed by atoms with Crippen molar-refractivity contribution in [3.63, 3.8) is 0 Å². The Labute approximate surface area is 118 Å². The van der Waals surface area contributed by atoms with Crippen LogP contribution in [0.5, 0.6) is 5.88 Å². The van der Waals surface area contributed by atoms with E-state index in [2.05, 4.69) is 29.4 Å². The van der Waals surface area contributed by atoms with Crippen molar-refractivity contribution in [2.75, 3.05) is 13.7 Å². The average Bonchev–Trinajstić information content (AvgIpc) is 2.53. The highest BCUT2D eigenvalue weighted by Crippen LogP contribution is 2.13. The molecule has 0 saturated heterocycles. The molecule has 0 bridgehead atoms. The molecule has 1 aromatic carbocycles. The van der Waals surface area contributed by atoms with Gasteiger partial charge in [-0.25, -0.2) is 4.98 Å². The van der Waals surface area contributed by atoms with Crippen molar-refractivity contribution in [2.24, 2.45) is 0 Å². The van der Waals surface area contributed by atoms with Crippen LogP contribution >= 0.6 is 0 Å². The first-order valence-electron chi connectivity index (χ1n) is 6.54. The van der Waals surface area contributed by atoms with Gasteiger partial charge in [0.25, 0.3) is 5.91 Å². The second-order valence-electron chi connectivity index (χ2n) is 4.61. The molecule has 20 heavy (non-hydrogen) atoms. The van der Waals surface area contributed by atoms with Crippen molar-refractivity contribution >= 4 is 5.91 Å². The quantitative estimate of drug-likeness (QED) is 0.908. The lowest BCUT2D eigenvalue weighted by Crippen LogP contribution is -2.27. The number of nitrogens with zero attached hydrogens (tertiary/aromatic N) is 1. The predicted octanol–water partition coefficient (Wildman–Crippen LogP) is 2.62. The van der Waals surface area contributed by atoms with Crippen LogP contribution in [0.1, 0.15) is 28.8 Å². The molecule has 1 amide bonds. The summed E-state index contributed by atoms with van der Waals surface area (Å²) in [6.07, 6.45) is 1.52. The van der Waals surface area contributed by atoms with Gasteiger partial charge >= 0.3 is 0 Å². The fourth-order valence-corrected chi connectivity index (χ4v) is 1.88. The number of benzene rings is 1. The lowest BCUT2D eigenvalue weighted by molar-refractivity contribution is 0.0951. The predicted molar refractivity (Wildman–Crippen MR) is 78.0 cm³/mol. The molecule has 0 fully saturated rings. The molecular formula is C16H18N2O2. The Balaban J connectivity index is 1.91. The van der Waals surface area contributed by atoms with Crippen LogP contribution in [0.2, 0.25) is 0 Å². The van der Waals surface area contributed by atoms with Crippen molar-refractivity contribution in [1.82, 2.24) is 10.3 Å². The standard InChI is InChI=1S/C16H18N2O2/c1-12(13-6-4-3-5-7-13)10-18-16(19)14-8-9-15(20-2)17-11-14/h3-9,11-12H,10H2,1-2H3,(H,18,19). The van der Waals surface area contributed by atoms with Crippen molar-refractivity contribution in [2.45, 2.75) is 12.8 Å². The third-order valence-electron chi connectivity index (χ3n) is 3.15. The summed E-state index contributed by atoms with van der Waals surface area (Å²) in [6, 6.07) is 13.5. The molecule has 2 aromatic rings. The van der Waals surface area contributed by atoms with Gasteiger partial charge in [0.1, 0.15) is 0 Å². The van der Waals surface area contributed by atoms with E-state index in [9.17, 15) is 4.79 Å². The molecule has 0 aliphatic carbocycles. The Kier molecular flexibility index (Phi) is 4.71. The van der Waals surface area contributed by atoms with E-state index in [1.54, 1.807) is 19.2 Å². The van der Waals surface area contributed by atoms with E-state index < -0.39 is 0 Å². The summed E-state index contributed by atoms with van der Waals surface area (Å²) in [5, 5.41) is 2.91. The summed E-state index contributed by atoms with van der Waals surface area (Å²) < 4.78 is 4.96.